The number of nitrogens with one attached hydrogen (secondary N) is 2. The number of ether oxygens (including phenoxy) is 1. The molecule has 1 fully saturated rings. The zero-order chi connectivity index (χ0) is 12.9. The van der Waals surface area contributed by atoms with Crippen LogP contribution in [0.25, 0.3) is 0 Å². The molecular weight excluding hydrogens is 216 g/mol. The van der Waals surface area contributed by atoms with E-state index < -0.39 is 5.60 Å². The van der Waals surface area contributed by atoms with Crippen molar-refractivity contribution in [2.45, 2.75) is 52.6 Å². The van der Waals surface area contributed by atoms with E-state index >= 15 is 0 Å². The van der Waals surface area contributed by atoms with Gasteiger partial charge in [-0.2, -0.15) is 0 Å². The molecule has 17 heavy (non-hydrogen) atoms. The molecule has 0 bridgehead atoms. The highest BCUT2D eigenvalue weighted by Gasteiger charge is 2.26. The first kappa shape index (κ1) is 14.3. The highest BCUT2D eigenvalue weighted by molar-refractivity contribution is 5.67. The minimum absolute atomic E-state index is 0.313. The third kappa shape index (κ3) is 5.91. The summed E-state index contributed by atoms with van der Waals surface area (Å²) in [7, 11) is 0. The van der Waals surface area contributed by atoms with E-state index in [-0.39, 0.29) is 6.09 Å². The van der Waals surface area contributed by atoms with Crippen LogP contribution in [0.5, 0.6) is 0 Å². The van der Waals surface area contributed by atoms with Crippen LogP contribution in [0.3, 0.4) is 0 Å². The number of hydrogen-bond donors (Lipinski definition) is 2. The number of rotatable bonds is 3. The normalized spacial score (nSPS) is 25.4. The van der Waals surface area contributed by atoms with Gasteiger partial charge in [0.2, 0.25) is 0 Å². The van der Waals surface area contributed by atoms with Crippen molar-refractivity contribution in [1.82, 2.24) is 10.6 Å². The van der Waals surface area contributed by atoms with Gasteiger partial charge in [0.15, 0.2) is 0 Å². The lowest BCUT2D eigenvalue weighted by atomic mass is 9.80. The van der Waals surface area contributed by atoms with Crippen LogP contribution in [-0.4, -0.2) is 31.3 Å². The van der Waals surface area contributed by atoms with Crippen LogP contribution >= 0.6 is 0 Å². The molecule has 0 aliphatic carbocycles. The van der Waals surface area contributed by atoms with Crippen LogP contribution in [0.15, 0.2) is 0 Å². The molecule has 1 heterocycles. The lowest BCUT2D eigenvalue weighted by molar-refractivity contribution is 0.0518. The largest absolute Gasteiger partial charge is 0.444 e. The number of carbonyl (C=O) groups is 1. The quantitative estimate of drug-likeness (QED) is 0.798. The Morgan fingerprint density at radius 3 is 2.71 bits per heavy atom. The molecule has 0 saturated carbocycles. The zero-order valence-corrected chi connectivity index (χ0v) is 11.6. The van der Waals surface area contributed by atoms with Gasteiger partial charge in [0.05, 0.1) is 0 Å². The van der Waals surface area contributed by atoms with Crippen molar-refractivity contribution >= 4 is 6.09 Å². The van der Waals surface area contributed by atoms with Crippen molar-refractivity contribution in [3.63, 3.8) is 0 Å². The number of piperidine rings is 1. The summed E-state index contributed by atoms with van der Waals surface area (Å²) in [5, 5.41) is 6.23. The molecule has 1 saturated heterocycles. The van der Waals surface area contributed by atoms with Gasteiger partial charge in [-0.15, -0.1) is 0 Å². The van der Waals surface area contributed by atoms with E-state index in [4.69, 9.17) is 4.74 Å². The fourth-order valence-corrected chi connectivity index (χ4v) is 2.11. The molecule has 100 valence electrons. The fourth-order valence-electron chi connectivity index (χ4n) is 2.11. The molecule has 1 rings (SSSR count). The molecule has 0 aromatic carbocycles. The van der Waals surface area contributed by atoms with Gasteiger partial charge in [0, 0.05) is 13.1 Å². The predicted octanol–water partition coefficient (Wildman–Crippen LogP) is 2.29. The maximum absolute atomic E-state index is 11.5. The van der Waals surface area contributed by atoms with E-state index in [1.165, 1.54) is 12.8 Å². The number of hydrogen-bond acceptors (Lipinski definition) is 3. The molecule has 2 N–H and O–H groups in total. The van der Waals surface area contributed by atoms with Gasteiger partial charge in [-0.3, -0.25) is 0 Å². The molecule has 1 atom stereocenters. The third-order valence-electron chi connectivity index (χ3n) is 3.08. The van der Waals surface area contributed by atoms with Gasteiger partial charge in [0.1, 0.15) is 5.60 Å². The lowest BCUT2D eigenvalue weighted by Crippen LogP contribution is -2.41. The Kier molecular flexibility index (Phi) is 4.80. The van der Waals surface area contributed by atoms with Gasteiger partial charge in [-0.25, -0.2) is 4.79 Å². The van der Waals surface area contributed by atoms with Crippen LogP contribution in [0, 0.1) is 5.41 Å². The Hall–Kier alpha value is -0.770. The number of alkyl carbamates (subject to hydrolysis) is 1. The number of carbonyl (C=O) groups excluding carboxylic acids is 1. The third-order valence-corrected chi connectivity index (χ3v) is 3.08. The van der Waals surface area contributed by atoms with Crippen molar-refractivity contribution in [3.8, 4) is 0 Å². The Morgan fingerprint density at radius 1 is 1.47 bits per heavy atom. The van der Waals surface area contributed by atoms with Crippen LogP contribution in [0.4, 0.5) is 4.79 Å². The highest BCUT2D eigenvalue weighted by atomic mass is 16.6. The molecular formula is C13H26N2O2. The van der Waals surface area contributed by atoms with Gasteiger partial charge >= 0.3 is 6.09 Å². The Balaban J connectivity index is 2.20. The average molecular weight is 242 g/mol. The van der Waals surface area contributed by atoms with E-state index in [0.717, 1.165) is 19.5 Å². The minimum Gasteiger partial charge on any atom is -0.444 e. The molecule has 1 amide bonds. The average Bonchev–Trinajstić information content (AvgIpc) is 2.15. The first-order valence-electron chi connectivity index (χ1n) is 6.48. The molecule has 1 unspecified atom stereocenters. The van der Waals surface area contributed by atoms with E-state index in [1.807, 2.05) is 20.8 Å². The van der Waals surface area contributed by atoms with E-state index in [2.05, 4.69) is 17.6 Å². The maximum Gasteiger partial charge on any atom is 0.407 e. The second-order valence-corrected chi connectivity index (χ2v) is 6.27. The van der Waals surface area contributed by atoms with Crippen molar-refractivity contribution in [1.29, 1.82) is 0 Å². The standard InChI is InChI=1S/C13H26N2O2/c1-12(2,3)17-11(16)15-9-7-13(4)6-5-8-14-10-13/h14H,5-10H2,1-4H3,(H,15,16). The summed E-state index contributed by atoms with van der Waals surface area (Å²) in [5.74, 6) is 0. The smallest absolute Gasteiger partial charge is 0.407 e. The minimum atomic E-state index is -0.416. The second kappa shape index (κ2) is 5.71. The van der Waals surface area contributed by atoms with Crippen molar-refractivity contribution in [2.75, 3.05) is 19.6 Å². The van der Waals surface area contributed by atoms with Crippen molar-refractivity contribution in [2.24, 2.45) is 5.41 Å². The van der Waals surface area contributed by atoms with Gasteiger partial charge in [-0.1, -0.05) is 6.92 Å². The topological polar surface area (TPSA) is 50.4 Å². The first-order chi connectivity index (χ1) is 7.81. The summed E-state index contributed by atoms with van der Waals surface area (Å²) >= 11 is 0. The molecule has 1 aliphatic heterocycles. The monoisotopic (exact) mass is 242 g/mol. The van der Waals surface area contributed by atoms with E-state index in [9.17, 15) is 4.79 Å². The van der Waals surface area contributed by atoms with Crippen molar-refractivity contribution in [3.05, 3.63) is 0 Å². The molecule has 0 radical (unpaired) electrons. The summed E-state index contributed by atoms with van der Waals surface area (Å²) < 4.78 is 5.19. The van der Waals surface area contributed by atoms with Gasteiger partial charge in [-0.05, 0) is 52.0 Å². The zero-order valence-electron chi connectivity index (χ0n) is 11.6. The molecule has 0 spiro atoms. The fraction of sp³-hybridized carbons (Fsp3) is 0.923. The molecule has 0 aromatic rings. The summed E-state index contributed by atoms with van der Waals surface area (Å²) in [5.41, 5.74) is -0.104. The molecule has 4 nitrogen and oxygen atoms in total. The summed E-state index contributed by atoms with van der Waals surface area (Å²) in [4.78, 5) is 11.5. The van der Waals surface area contributed by atoms with Gasteiger partial charge in [0.25, 0.3) is 0 Å². The van der Waals surface area contributed by atoms with Crippen molar-refractivity contribution < 1.29 is 9.53 Å². The van der Waals surface area contributed by atoms with Crippen LogP contribution < -0.4 is 10.6 Å². The first-order valence-corrected chi connectivity index (χ1v) is 6.48. The summed E-state index contributed by atoms with van der Waals surface area (Å²) in [6.45, 7) is 10.7. The predicted molar refractivity (Wildman–Crippen MR) is 69.1 cm³/mol. The molecule has 0 aromatic heterocycles. The number of amides is 1. The SMILES string of the molecule is CC1(CCNC(=O)OC(C)(C)C)CCCNC1. The second-order valence-electron chi connectivity index (χ2n) is 6.27. The summed E-state index contributed by atoms with van der Waals surface area (Å²) in [6, 6.07) is 0. The summed E-state index contributed by atoms with van der Waals surface area (Å²) in [6.07, 6.45) is 3.14. The van der Waals surface area contributed by atoms with E-state index in [0.29, 0.717) is 12.0 Å². The Bertz CT molecular complexity index is 253. The highest BCUT2D eigenvalue weighted by Crippen LogP contribution is 2.28. The Labute approximate surface area is 104 Å². The van der Waals surface area contributed by atoms with E-state index in [1.54, 1.807) is 0 Å². The molecule has 1 aliphatic rings. The van der Waals surface area contributed by atoms with Crippen LogP contribution in [0.2, 0.25) is 0 Å². The lowest BCUT2D eigenvalue weighted by Gasteiger charge is -2.34. The molecule has 4 heteroatoms. The van der Waals surface area contributed by atoms with Gasteiger partial charge < -0.3 is 15.4 Å². The van der Waals surface area contributed by atoms with Crippen LogP contribution in [-0.2, 0) is 4.74 Å². The van der Waals surface area contributed by atoms with Crippen LogP contribution in [0.1, 0.15) is 47.0 Å². The Morgan fingerprint density at radius 2 is 2.18 bits per heavy atom. The maximum atomic E-state index is 11.5.